The van der Waals surface area contributed by atoms with E-state index in [4.69, 9.17) is 0 Å². The van der Waals surface area contributed by atoms with Crippen LogP contribution in [0.3, 0.4) is 0 Å². The number of fused-ring (bicyclic) bond motifs is 2. The molecule has 0 aromatic carbocycles. The third-order valence-electron chi connectivity index (χ3n) is 10.9. The molecule has 0 aromatic rings. The van der Waals surface area contributed by atoms with Crippen LogP contribution in [0.2, 0.25) is 0 Å². The summed E-state index contributed by atoms with van der Waals surface area (Å²) in [6, 6.07) is 0. The molecule has 4 aliphatic carbocycles. The van der Waals surface area contributed by atoms with Crippen molar-refractivity contribution < 1.29 is 0 Å². The Morgan fingerprint density at radius 1 is 0.327 bits per heavy atom. The van der Waals surface area contributed by atoms with Crippen molar-refractivity contribution >= 4 is 0 Å². The molecule has 0 radical (unpaired) electrons. The molecule has 6 rings (SSSR count). The van der Waals surface area contributed by atoms with Gasteiger partial charge in [0.05, 0.1) is 0 Å². The van der Waals surface area contributed by atoms with Gasteiger partial charge < -0.3 is 10.6 Å². The fourth-order valence-corrected chi connectivity index (χ4v) is 7.69. The largest absolute Gasteiger partial charge is 0.384 e. The predicted octanol–water partition coefficient (Wildman–Crippen LogP) is 13.7. The predicted molar refractivity (Wildman–Crippen MR) is 239 cm³/mol. The quantitative estimate of drug-likeness (QED) is 0.296. The Labute approximate surface area is 332 Å². The van der Waals surface area contributed by atoms with E-state index < -0.39 is 0 Å². The van der Waals surface area contributed by atoms with Gasteiger partial charge in [-0.25, -0.2) is 0 Å². The van der Waals surface area contributed by atoms with E-state index in [9.17, 15) is 0 Å². The molecule has 0 bridgehead atoms. The van der Waals surface area contributed by atoms with Gasteiger partial charge in [0.1, 0.15) is 0 Å². The molecule has 0 aromatic heterocycles. The van der Waals surface area contributed by atoms with Crippen LogP contribution in [0.25, 0.3) is 0 Å². The van der Waals surface area contributed by atoms with Crippen LogP contribution in [-0.2, 0) is 0 Å². The fourth-order valence-electron chi connectivity index (χ4n) is 7.69. The second-order valence-electron chi connectivity index (χ2n) is 15.1. The molecule has 0 atom stereocenters. The van der Waals surface area contributed by atoms with Gasteiger partial charge in [0.2, 0.25) is 0 Å². The maximum atomic E-state index is 3.97. The van der Waals surface area contributed by atoms with Crippen molar-refractivity contribution in [3.63, 3.8) is 0 Å². The first kappa shape index (κ1) is 39.6. The number of allylic oxidation sites excluding steroid dienone is 33. The standard InChI is InChI=1S/C53H62N2/c1-3-9-19-33-46-34-20-11-6-8-16-28-41-54-52(46)50(37-22-12-5-1)44-29-17-13-14-18-30-45(32-24-23-31-44)51-38-26-25-36-48-43-49(48)40-39-47-35-21-10-4-2-7-15-27-42-55-53(47)51/h1,3,5,9,12-14,17-19,22-26,29-33,36-40,43,54-55H,2,4,6-8,10-11,15-16,20-21,27-28,34-35,41-42H2/b3-1?,5-1-,9-3-,12-5?,14-13?,17-13-,18-14-,19-9?,22-12-,24-23?,26-25?,29-17?,30-18?,31-23-,32-24-,33-19-,36-25-,37-22?,38-26-,40-39?,44-29+,44-31?,45-30+,45-32?,46-33?,47-39-,48-36?,49-40+,50-37-,51-38?,52-46-,52-50?,53-47?,53-51-. The van der Waals surface area contributed by atoms with Gasteiger partial charge in [-0.2, -0.15) is 0 Å². The van der Waals surface area contributed by atoms with Crippen LogP contribution in [0.15, 0.2) is 214 Å². The van der Waals surface area contributed by atoms with Gasteiger partial charge >= 0.3 is 0 Å². The maximum absolute atomic E-state index is 3.97. The fraction of sp³-hybridized carbons (Fsp3) is 0.321. The number of hydrogen-bond donors (Lipinski definition) is 2. The minimum Gasteiger partial charge on any atom is -0.384 e. The number of hydrogen-bond acceptors (Lipinski definition) is 2. The first-order valence-corrected chi connectivity index (χ1v) is 21.3. The molecule has 0 saturated carbocycles. The zero-order valence-corrected chi connectivity index (χ0v) is 33.0. The Morgan fingerprint density at radius 3 is 1.56 bits per heavy atom. The summed E-state index contributed by atoms with van der Waals surface area (Å²) < 4.78 is 0. The minimum atomic E-state index is 0.979. The second-order valence-corrected chi connectivity index (χ2v) is 15.1. The van der Waals surface area contributed by atoms with Crippen molar-refractivity contribution in [1.29, 1.82) is 0 Å². The van der Waals surface area contributed by atoms with E-state index in [2.05, 4.69) is 169 Å². The van der Waals surface area contributed by atoms with Crippen LogP contribution < -0.4 is 10.6 Å². The van der Waals surface area contributed by atoms with Crippen molar-refractivity contribution in [3.05, 3.63) is 214 Å². The molecule has 2 aliphatic heterocycles. The summed E-state index contributed by atoms with van der Waals surface area (Å²) >= 11 is 0. The Bertz CT molecular complexity index is 1900. The van der Waals surface area contributed by atoms with Gasteiger partial charge in [-0.1, -0.05) is 210 Å². The van der Waals surface area contributed by atoms with E-state index in [1.54, 1.807) is 0 Å². The van der Waals surface area contributed by atoms with Gasteiger partial charge in [-0.15, -0.1) is 0 Å². The Balaban J connectivity index is 1.39. The van der Waals surface area contributed by atoms with E-state index in [0.717, 1.165) is 25.9 Å². The van der Waals surface area contributed by atoms with Gasteiger partial charge in [0, 0.05) is 35.6 Å². The third-order valence-corrected chi connectivity index (χ3v) is 10.9. The van der Waals surface area contributed by atoms with Crippen molar-refractivity contribution in [2.24, 2.45) is 0 Å². The first-order valence-electron chi connectivity index (χ1n) is 21.3. The van der Waals surface area contributed by atoms with E-state index >= 15 is 0 Å². The molecule has 0 unspecified atom stereocenters. The summed E-state index contributed by atoms with van der Waals surface area (Å²) in [6.07, 6.45) is 76.5. The summed E-state index contributed by atoms with van der Waals surface area (Å²) in [7, 11) is 0. The molecule has 284 valence electrons. The van der Waals surface area contributed by atoms with Crippen LogP contribution in [0.5, 0.6) is 0 Å². The lowest BCUT2D eigenvalue weighted by atomic mass is 9.93. The summed E-state index contributed by atoms with van der Waals surface area (Å²) in [4.78, 5) is 0. The molecule has 0 amide bonds. The van der Waals surface area contributed by atoms with E-state index in [1.807, 2.05) is 0 Å². The molecule has 2 heteroatoms. The number of rotatable bonds is 2. The highest BCUT2D eigenvalue weighted by atomic mass is 14.9. The zero-order chi connectivity index (χ0) is 37.6. The maximum Gasteiger partial charge on any atom is 0.0452 e. The molecule has 6 aliphatic rings. The monoisotopic (exact) mass is 726 g/mol. The first-order chi connectivity index (χ1) is 27.4. The summed E-state index contributed by atoms with van der Waals surface area (Å²) in [6.45, 7) is 1.96. The zero-order valence-electron chi connectivity index (χ0n) is 33.0. The van der Waals surface area contributed by atoms with Crippen molar-refractivity contribution in [1.82, 2.24) is 10.6 Å². The van der Waals surface area contributed by atoms with E-state index in [0.29, 0.717) is 0 Å². The van der Waals surface area contributed by atoms with Crippen LogP contribution in [0, 0.1) is 0 Å². The Hall–Kier alpha value is -5.08. The molecule has 2 heterocycles. The van der Waals surface area contributed by atoms with Crippen molar-refractivity contribution in [2.75, 3.05) is 13.1 Å². The Morgan fingerprint density at radius 2 is 0.836 bits per heavy atom. The van der Waals surface area contributed by atoms with E-state index in [-0.39, 0.29) is 0 Å². The average molecular weight is 727 g/mol. The number of nitrogens with one attached hydrogen (secondary N) is 2. The van der Waals surface area contributed by atoms with E-state index in [1.165, 1.54) is 139 Å². The van der Waals surface area contributed by atoms with Crippen LogP contribution in [-0.4, -0.2) is 13.1 Å². The molecule has 0 spiro atoms. The lowest BCUT2D eigenvalue weighted by molar-refractivity contribution is 0.559. The topological polar surface area (TPSA) is 24.1 Å². The summed E-state index contributed by atoms with van der Waals surface area (Å²) in [5, 5.41) is 7.92. The second kappa shape index (κ2) is 23.0. The van der Waals surface area contributed by atoms with Crippen molar-refractivity contribution in [2.45, 2.75) is 96.3 Å². The highest BCUT2D eigenvalue weighted by molar-refractivity contribution is 5.66. The summed E-state index contributed by atoms with van der Waals surface area (Å²) in [5.41, 5.74) is 12.8. The third kappa shape index (κ3) is 13.3. The highest BCUT2D eigenvalue weighted by Gasteiger charge is 2.17. The van der Waals surface area contributed by atoms with Crippen LogP contribution in [0.4, 0.5) is 0 Å². The van der Waals surface area contributed by atoms with Crippen molar-refractivity contribution in [3.8, 4) is 0 Å². The molecule has 2 N–H and O–H groups in total. The average Bonchev–Trinajstić information content (AvgIpc) is 3.94. The molecule has 1 saturated heterocycles. The van der Waals surface area contributed by atoms with Crippen LogP contribution in [0.1, 0.15) is 96.3 Å². The van der Waals surface area contributed by atoms with Gasteiger partial charge in [-0.3, -0.25) is 0 Å². The molecular weight excluding hydrogens is 665 g/mol. The molecular formula is C53H62N2. The normalized spacial score (nSPS) is 35.3. The molecule has 1 fully saturated rings. The Kier molecular flexibility index (Phi) is 16.5. The molecule has 55 heavy (non-hydrogen) atoms. The minimum absolute atomic E-state index is 0.979. The smallest absolute Gasteiger partial charge is 0.0452 e. The molecule has 2 nitrogen and oxygen atoms in total. The lowest BCUT2D eigenvalue weighted by Crippen LogP contribution is -2.19. The lowest BCUT2D eigenvalue weighted by Gasteiger charge is -2.20. The van der Waals surface area contributed by atoms with Crippen LogP contribution >= 0.6 is 0 Å². The highest BCUT2D eigenvalue weighted by Crippen LogP contribution is 2.33. The van der Waals surface area contributed by atoms with Gasteiger partial charge in [0.25, 0.3) is 0 Å². The SMILES string of the molecule is C1=C2/C=C\C=C/C(C3=C/C=C\C=C/C=C(C4=C\C=C/C=C\C=C/C=C\C5=C/4NCCCCCCCC5)\C=C/C=C\3)=C3/NCCCCCCCCC/C3=C/C=C1/2. The van der Waals surface area contributed by atoms with Gasteiger partial charge in [0.15, 0.2) is 0 Å². The van der Waals surface area contributed by atoms with Gasteiger partial charge in [-0.05, 0) is 78.0 Å². The summed E-state index contributed by atoms with van der Waals surface area (Å²) in [5.74, 6) is 0.